The second-order valence-corrected chi connectivity index (χ2v) is 11.1. The predicted octanol–water partition coefficient (Wildman–Crippen LogP) is -0.0601. The van der Waals surface area contributed by atoms with E-state index < -0.39 is 22.0 Å². The second kappa shape index (κ2) is 11.3. The van der Waals surface area contributed by atoms with Gasteiger partial charge in [0, 0.05) is 32.1 Å². The molecule has 0 aliphatic carbocycles. The second-order valence-electron chi connectivity index (χ2n) is 9.35. The molecular weight excluding hydrogens is 526 g/mol. The fourth-order valence-electron chi connectivity index (χ4n) is 4.64. The van der Waals surface area contributed by atoms with E-state index >= 15 is 0 Å². The Kier molecular flexibility index (Phi) is 7.70. The lowest BCUT2D eigenvalue weighted by Crippen LogP contribution is -2.48. The standard InChI is InChI=1S/C24H29N9O5S/c34-22(30-24-25-9-4-10-26-24)16-7-11-32(12-8-16)20-19-21(28-14-27-20)33(15-29-19)13-18(23(35)36)31-39(37,38)17-5-2-1-3-6-17/h1-3,5-6,14-16,18,31H,4,7-13H2,(H,35,36)(H2,25,26,30,34). The van der Waals surface area contributed by atoms with Gasteiger partial charge in [0.2, 0.25) is 15.9 Å². The first-order valence-corrected chi connectivity index (χ1v) is 14.1. The number of guanidine groups is 1. The molecule has 1 saturated heterocycles. The molecule has 1 fully saturated rings. The van der Waals surface area contributed by atoms with Gasteiger partial charge in [-0.3, -0.25) is 19.9 Å². The number of nitrogens with zero attached hydrogens (tertiary/aromatic N) is 6. The number of hydrogen-bond donors (Lipinski definition) is 4. The number of sulfonamides is 1. The molecule has 206 valence electrons. The summed E-state index contributed by atoms with van der Waals surface area (Å²) in [6.45, 7) is 2.41. The van der Waals surface area contributed by atoms with Crippen molar-refractivity contribution in [3.05, 3.63) is 43.0 Å². The smallest absolute Gasteiger partial charge is 0.323 e. The van der Waals surface area contributed by atoms with E-state index in [-0.39, 0.29) is 23.3 Å². The van der Waals surface area contributed by atoms with Crippen LogP contribution in [0.1, 0.15) is 19.3 Å². The van der Waals surface area contributed by atoms with Gasteiger partial charge >= 0.3 is 5.97 Å². The molecule has 0 bridgehead atoms. The van der Waals surface area contributed by atoms with Crippen molar-refractivity contribution in [3.8, 4) is 0 Å². The molecule has 1 atom stereocenters. The largest absolute Gasteiger partial charge is 0.480 e. The van der Waals surface area contributed by atoms with Crippen LogP contribution in [-0.2, 0) is 26.2 Å². The van der Waals surface area contributed by atoms with E-state index in [1.165, 1.54) is 29.4 Å². The van der Waals surface area contributed by atoms with Crippen LogP contribution in [0.2, 0.25) is 0 Å². The first-order chi connectivity index (χ1) is 18.8. The molecule has 1 aromatic carbocycles. The van der Waals surface area contributed by atoms with Crippen LogP contribution in [0.5, 0.6) is 0 Å². The van der Waals surface area contributed by atoms with Gasteiger partial charge in [0.25, 0.3) is 0 Å². The minimum atomic E-state index is -4.06. The van der Waals surface area contributed by atoms with Gasteiger partial charge in [0.15, 0.2) is 22.9 Å². The fraction of sp³-hybridized carbons (Fsp3) is 0.417. The number of carboxylic acids is 1. The summed E-state index contributed by atoms with van der Waals surface area (Å²) < 4.78 is 29.2. The molecule has 2 aromatic heterocycles. The highest BCUT2D eigenvalue weighted by molar-refractivity contribution is 7.89. The highest BCUT2D eigenvalue weighted by Gasteiger charge is 2.30. The Hall–Kier alpha value is -4.11. The summed E-state index contributed by atoms with van der Waals surface area (Å²) in [5.41, 5.74) is 0.850. The summed E-state index contributed by atoms with van der Waals surface area (Å²) in [7, 11) is -4.06. The molecule has 2 aliphatic heterocycles. The quantitative estimate of drug-likeness (QED) is 0.294. The molecule has 0 spiro atoms. The topological polar surface area (TPSA) is 184 Å². The molecule has 4 N–H and O–H groups in total. The molecule has 3 aromatic rings. The van der Waals surface area contributed by atoms with Crippen LogP contribution in [0, 0.1) is 5.92 Å². The van der Waals surface area contributed by atoms with Gasteiger partial charge in [-0.05, 0) is 31.4 Å². The van der Waals surface area contributed by atoms with Crippen molar-refractivity contribution in [2.24, 2.45) is 10.9 Å². The number of carbonyl (C=O) groups is 2. The van der Waals surface area contributed by atoms with Gasteiger partial charge in [-0.25, -0.2) is 23.4 Å². The molecule has 1 amide bonds. The van der Waals surface area contributed by atoms with Crippen molar-refractivity contribution in [2.45, 2.75) is 36.7 Å². The molecule has 0 saturated carbocycles. The normalized spacial score (nSPS) is 17.3. The number of carbonyl (C=O) groups excluding carboxylic acids is 1. The number of imidazole rings is 1. The number of hydrogen-bond acceptors (Lipinski definition) is 10. The molecule has 2 aliphatic rings. The van der Waals surface area contributed by atoms with E-state index in [0.29, 0.717) is 55.4 Å². The molecule has 4 heterocycles. The van der Waals surface area contributed by atoms with Crippen LogP contribution in [0.3, 0.4) is 0 Å². The zero-order chi connectivity index (χ0) is 27.4. The maximum atomic E-state index is 12.7. The van der Waals surface area contributed by atoms with E-state index in [1.807, 2.05) is 4.90 Å². The van der Waals surface area contributed by atoms with Crippen molar-refractivity contribution in [2.75, 3.05) is 31.1 Å². The summed E-state index contributed by atoms with van der Waals surface area (Å²) >= 11 is 0. The Bertz CT molecular complexity index is 1480. The highest BCUT2D eigenvalue weighted by atomic mass is 32.2. The minimum Gasteiger partial charge on any atom is -0.480 e. The summed E-state index contributed by atoms with van der Waals surface area (Å²) in [4.78, 5) is 44.0. The van der Waals surface area contributed by atoms with Crippen LogP contribution in [-0.4, -0.2) is 83.1 Å². The third-order valence-electron chi connectivity index (χ3n) is 6.71. The van der Waals surface area contributed by atoms with Gasteiger partial charge in [-0.2, -0.15) is 4.72 Å². The zero-order valence-electron chi connectivity index (χ0n) is 21.0. The lowest BCUT2D eigenvalue weighted by Gasteiger charge is -2.32. The van der Waals surface area contributed by atoms with Crippen molar-refractivity contribution in [1.82, 2.24) is 34.9 Å². The Labute approximate surface area is 224 Å². The molecule has 0 radical (unpaired) electrons. The highest BCUT2D eigenvalue weighted by Crippen LogP contribution is 2.27. The van der Waals surface area contributed by atoms with Gasteiger partial charge in [-0.15, -0.1) is 0 Å². The average Bonchev–Trinajstić information content (AvgIpc) is 3.36. The first kappa shape index (κ1) is 26.5. The Morgan fingerprint density at radius 1 is 1.13 bits per heavy atom. The van der Waals surface area contributed by atoms with Crippen molar-refractivity contribution < 1.29 is 23.1 Å². The summed E-state index contributed by atoms with van der Waals surface area (Å²) in [5, 5.41) is 15.7. The number of piperidine rings is 1. The molecule has 14 nitrogen and oxygen atoms in total. The number of aliphatic carboxylic acids is 1. The zero-order valence-corrected chi connectivity index (χ0v) is 21.8. The van der Waals surface area contributed by atoms with E-state index in [0.717, 1.165) is 13.0 Å². The number of aromatic nitrogens is 4. The Morgan fingerprint density at radius 3 is 2.59 bits per heavy atom. The van der Waals surface area contributed by atoms with Crippen molar-refractivity contribution >= 4 is 44.8 Å². The first-order valence-electron chi connectivity index (χ1n) is 12.6. The number of nitrogens with one attached hydrogen (secondary N) is 3. The average molecular weight is 556 g/mol. The van der Waals surface area contributed by atoms with Crippen molar-refractivity contribution in [1.29, 1.82) is 0 Å². The molecular formula is C24H29N9O5S. The van der Waals surface area contributed by atoms with Crippen LogP contribution < -0.4 is 20.3 Å². The number of rotatable bonds is 8. The molecule has 15 heteroatoms. The summed E-state index contributed by atoms with van der Waals surface area (Å²) in [6.07, 6.45) is 4.97. The number of aliphatic imine (C=N–C) groups is 1. The van der Waals surface area contributed by atoms with Gasteiger partial charge in [-0.1, -0.05) is 18.2 Å². The maximum Gasteiger partial charge on any atom is 0.323 e. The third-order valence-corrected chi connectivity index (χ3v) is 8.20. The van der Waals surface area contributed by atoms with Crippen molar-refractivity contribution in [3.63, 3.8) is 0 Å². The predicted molar refractivity (Wildman–Crippen MR) is 142 cm³/mol. The number of carboxylic acid groups (broad SMARTS) is 1. The Morgan fingerprint density at radius 2 is 1.90 bits per heavy atom. The maximum absolute atomic E-state index is 12.7. The van der Waals surface area contributed by atoms with Gasteiger partial charge in [0.05, 0.1) is 17.8 Å². The van der Waals surface area contributed by atoms with Crippen LogP contribution in [0.25, 0.3) is 11.2 Å². The molecule has 5 rings (SSSR count). The van der Waals surface area contributed by atoms with E-state index in [1.54, 1.807) is 18.2 Å². The molecule has 1 unspecified atom stereocenters. The molecule has 39 heavy (non-hydrogen) atoms. The lowest BCUT2D eigenvalue weighted by atomic mass is 9.96. The summed E-state index contributed by atoms with van der Waals surface area (Å²) in [5.74, 6) is -0.440. The van der Waals surface area contributed by atoms with E-state index in [9.17, 15) is 23.1 Å². The number of fused-ring (bicyclic) bond motifs is 1. The van der Waals surface area contributed by atoms with E-state index in [2.05, 4.69) is 35.3 Å². The van der Waals surface area contributed by atoms with Crippen LogP contribution in [0.15, 0.2) is 52.9 Å². The van der Waals surface area contributed by atoms with Crippen LogP contribution >= 0.6 is 0 Å². The third kappa shape index (κ3) is 5.98. The number of amides is 1. The van der Waals surface area contributed by atoms with E-state index in [4.69, 9.17) is 0 Å². The fourth-order valence-corrected chi connectivity index (χ4v) is 5.84. The van der Waals surface area contributed by atoms with Gasteiger partial charge < -0.3 is 19.9 Å². The van der Waals surface area contributed by atoms with Crippen LogP contribution in [0.4, 0.5) is 5.82 Å². The summed E-state index contributed by atoms with van der Waals surface area (Å²) in [6, 6.07) is 6.12. The minimum absolute atomic E-state index is 0.0311. The monoisotopic (exact) mass is 555 g/mol. The number of benzene rings is 1. The lowest BCUT2D eigenvalue weighted by molar-refractivity contribution is -0.139. The SMILES string of the molecule is O=C(NC1=NCCCN1)C1CCN(c2ncnc3c2ncn3CC(NS(=O)(=O)c2ccccc2)C(=O)O)CC1. The van der Waals surface area contributed by atoms with Gasteiger partial charge in [0.1, 0.15) is 12.4 Å². The Balaban J connectivity index is 1.27. The number of anilines is 1.